The van der Waals surface area contributed by atoms with Gasteiger partial charge in [0.25, 0.3) is 17.7 Å². The number of fused-ring (bicyclic) bond motifs is 1. The van der Waals surface area contributed by atoms with Gasteiger partial charge in [-0.1, -0.05) is 26.0 Å². The van der Waals surface area contributed by atoms with Crippen molar-refractivity contribution >= 4 is 23.7 Å². The molecule has 2 heterocycles. The third-order valence-electron chi connectivity index (χ3n) is 4.49. The smallest absolute Gasteiger partial charge is 0.329 e. The number of ether oxygens (including phenoxy) is 1. The molecular weight excluding hydrogens is 376 g/mol. The lowest BCUT2D eigenvalue weighted by Gasteiger charge is -2.25. The lowest BCUT2D eigenvalue weighted by atomic mass is 10.0. The Morgan fingerprint density at radius 1 is 1.07 bits per heavy atom. The van der Waals surface area contributed by atoms with E-state index in [9.17, 15) is 19.2 Å². The number of hydrogen-bond acceptors (Lipinski definition) is 6. The van der Waals surface area contributed by atoms with Gasteiger partial charge in [0.15, 0.2) is 6.61 Å². The second kappa shape index (κ2) is 8.72. The van der Waals surface area contributed by atoms with Crippen LogP contribution in [0.15, 0.2) is 47.1 Å². The molecule has 0 aliphatic carbocycles. The van der Waals surface area contributed by atoms with Crippen LogP contribution in [0.3, 0.4) is 0 Å². The zero-order valence-electron chi connectivity index (χ0n) is 16.2. The summed E-state index contributed by atoms with van der Waals surface area (Å²) < 4.78 is 10.2. The lowest BCUT2D eigenvalue weighted by molar-refractivity contribution is -0.152. The predicted molar refractivity (Wildman–Crippen MR) is 102 cm³/mol. The molecule has 1 aromatic carbocycles. The van der Waals surface area contributed by atoms with E-state index in [0.717, 1.165) is 4.90 Å². The summed E-state index contributed by atoms with van der Waals surface area (Å²) in [6, 6.07) is 8.72. The van der Waals surface area contributed by atoms with Crippen molar-refractivity contribution < 1.29 is 28.3 Å². The Labute approximate surface area is 167 Å². The number of amides is 3. The topological polar surface area (TPSA) is 106 Å². The van der Waals surface area contributed by atoms with Gasteiger partial charge in [-0.25, -0.2) is 4.79 Å². The molecule has 29 heavy (non-hydrogen) atoms. The Balaban J connectivity index is 1.65. The molecule has 1 aliphatic rings. The van der Waals surface area contributed by atoms with Gasteiger partial charge in [0.1, 0.15) is 11.8 Å². The zero-order chi connectivity index (χ0) is 21.0. The molecule has 152 valence electrons. The van der Waals surface area contributed by atoms with Crippen LogP contribution >= 0.6 is 0 Å². The van der Waals surface area contributed by atoms with Gasteiger partial charge < -0.3 is 14.5 Å². The average molecular weight is 398 g/mol. The number of rotatable bonds is 8. The Morgan fingerprint density at radius 3 is 2.28 bits per heavy atom. The van der Waals surface area contributed by atoms with Crippen molar-refractivity contribution in [2.24, 2.45) is 5.92 Å². The molecule has 8 nitrogen and oxygen atoms in total. The number of esters is 1. The van der Waals surface area contributed by atoms with Crippen molar-refractivity contribution in [2.75, 3.05) is 6.61 Å². The summed E-state index contributed by atoms with van der Waals surface area (Å²) in [5.41, 5.74) is 0.519. The van der Waals surface area contributed by atoms with E-state index in [1.807, 2.05) is 13.8 Å². The van der Waals surface area contributed by atoms with Crippen LogP contribution in [0.5, 0.6) is 0 Å². The maximum atomic E-state index is 12.7. The van der Waals surface area contributed by atoms with Crippen LogP contribution in [-0.4, -0.2) is 41.2 Å². The Hall–Kier alpha value is -3.42. The second-order valence-corrected chi connectivity index (χ2v) is 7.14. The minimum Gasteiger partial charge on any atom is -0.467 e. The SMILES string of the molecule is CC(C)C[C@H](C(=O)OCC(=O)NCc1ccco1)N1C(=O)c2ccccc2C1=O. The maximum absolute atomic E-state index is 12.7. The highest BCUT2D eigenvalue weighted by Gasteiger charge is 2.43. The fourth-order valence-corrected chi connectivity index (χ4v) is 3.13. The highest BCUT2D eigenvalue weighted by Crippen LogP contribution is 2.27. The van der Waals surface area contributed by atoms with Crippen molar-refractivity contribution in [1.82, 2.24) is 10.2 Å². The molecule has 0 fully saturated rings. The fourth-order valence-electron chi connectivity index (χ4n) is 3.13. The fraction of sp³-hybridized carbons (Fsp3) is 0.333. The van der Waals surface area contributed by atoms with E-state index in [2.05, 4.69) is 5.32 Å². The lowest BCUT2D eigenvalue weighted by Crippen LogP contribution is -2.47. The molecule has 1 aliphatic heterocycles. The standard InChI is InChI=1S/C21H22N2O6/c1-13(2)10-17(23-19(25)15-7-3-4-8-16(15)20(23)26)21(27)29-12-18(24)22-11-14-6-5-9-28-14/h3-9,13,17H,10-12H2,1-2H3,(H,22,24)/t17-/m1/s1. The molecule has 0 radical (unpaired) electrons. The number of nitrogens with one attached hydrogen (secondary N) is 1. The summed E-state index contributed by atoms with van der Waals surface area (Å²) in [6.45, 7) is 3.39. The third-order valence-corrected chi connectivity index (χ3v) is 4.49. The van der Waals surface area contributed by atoms with Crippen LogP contribution in [0, 0.1) is 5.92 Å². The molecular formula is C21H22N2O6. The van der Waals surface area contributed by atoms with Crippen molar-refractivity contribution in [3.63, 3.8) is 0 Å². The third kappa shape index (κ3) is 4.53. The molecule has 0 saturated carbocycles. The molecule has 0 bridgehead atoms. The molecule has 2 aromatic rings. The second-order valence-electron chi connectivity index (χ2n) is 7.14. The maximum Gasteiger partial charge on any atom is 0.329 e. The van der Waals surface area contributed by atoms with Crippen LogP contribution < -0.4 is 5.32 Å². The average Bonchev–Trinajstić information content (AvgIpc) is 3.30. The molecule has 3 amide bonds. The summed E-state index contributed by atoms with van der Waals surface area (Å²) in [5, 5.41) is 2.56. The van der Waals surface area contributed by atoms with Crippen LogP contribution in [0.4, 0.5) is 0 Å². The number of imide groups is 1. The van der Waals surface area contributed by atoms with Crippen LogP contribution in [0.1, 0.15) is 46.7 Å². The predicted octanol–water partition coefficient (Wildman–Crippen LogP) is 2.15. The van der Waals surface area contributed by atoms with E-state index >= 15 is 0 Å². The number of benzene rings is 1. The summed E-state index contributed by atoms with van der Waals surface area (Å²) in [4.78, 5) is 51.0. The Morgan fingerprint density at radius 2 is 1.72 bits per heavy atom. The molecule has 3 rings (SSSR count). The summed E-state index contributed by atoms with van der Waals surface area (Å²) in [5.74, 6) is -1.79. The van der Waals surface area contributed by atoms with E-state index in [4.69, 9.17) is 9.15 Å². The van der Waals surface area contributed by atoms with Gasteiger partial charge in [-0.15, -0.1) is 0 Å². The first-order chi connectivity index (χ1) is 13.9. The summed E-state index contributed by atoms with van der Waals surface area (Å²) in [6.07, 6.45) is 1.72. The molecule has 0 saturated heterocycles. The van der Waals surface area contributed by atoms with Crippen molar-refractivity contribution in [3.05, 3.63) is 59.5 Å². The largest absolute Gasteiger partial charge is 0.467 e. The number of hydrogen-bond donors (Lipinski definition) is 1. The molecule has 0 unspecified atom stereocenters. The van der Waals surface area contributed by atoms with E-state index in [-0.39, 0.29) is 30.0 Å². The molecule has 1 atom stereocenters. The molecule has 1 N–H and O–H groups in total. The van der Waals surface area contributed by atoms with Crippen LogP contribution in [0.2, 0.25) is 0 Å². The zero-order valence-corrected chi connectivity index (χ0v) is 16.2. The van der Waals surface area contributed by atoms with Crippen molar-refractivity contribution in [1.29, 1.82) is 0 Å². The normalized spacial score (nSPS) is 14.1. The van der Waals surface area contributed by atoms with Gasteiger partial charge in [-0.2, -0.15) is 0 Å². The molecule has 0 spiro atoms. The van der Waals surface area contributed by atoms with E-state index in [1.54, 1.807) is 36.4 Å². The van der Waals surface area contributed by atoms with Gasteiger partial charge in [0.05, 0.1) is 23.9 Å². The number of carbonyl (C=O) groups is 4. The van der Waals surface area contributed by atoms with Gasteiger partial charge >= 0.3 is 5.97 Å². The minimum atomic E-state index is -1.10. The van der Waals surface area contributed by atoms with Crippen molar-refractivity contribution in [3.8, 4) is 0 Å². The first-order valence-corrected chi connectivity index (χ1v) is 9.31. The molecule has 8 heteroatoms. The molecule has 1 aromatic heterocycles. The Bertz CT molecular complexity index is 884. The van der Waals surface area contributed by atoms with E-state index < -0.39 is 36.3 Å². The van der Waals surface area contributed by atoms with Gasteiger partial charge in [0, 0.05) is 0 Å². The number of carbonyl (C=O) groups excluding carboxylic acids is 4. The minimum absolute atomic E-state index is 0.0182. The van der Waals surface area contributed by atoms with E-state index in [1.165, 1.54) is 6.26 Å². The van der Waals surface area contributed by atoms with Gasteiger partial charge in [-0.05, 0) is 36.6 Å². The quantitative estimate of drug-likeness (QED) is 0.539. The Kier molecular flexibility index (Phi) is 6.11. The van der Waals surface area contributed by atoms with Crippen LogP contribution in [-0.2, 0) is 20.9 Å². The van der Waals surface area contributed by atoms with E-state index in [0.29, 0.717) is 5.76 Å². The van der Waals surface area contributed by atoms with Gasteiger partial charge in [0.2, 0.25) is 0 Å². The first kappa shape index (κ1) is 20.3. The number of nitrogens with zero attached hydrogens (tertiary/aromatic N) is 1. The number of furan rings is 1. The summed E-state index contributed by atoms with van der Waals surface area (Å²) >= 11 is 0. The highest BCUT2D eigenvalue weighted by molar-refractivity contribution is 6.22. The monoisotopic (exact) mass is 398 g/mol. The van der Waals surface area contributed by atoms with Gasteiger partial charge in [-0.3, -0.25) is 19.3 Å². The highest BCUT2D eigenvalue weighted by atomic mass is 16.5. The summed E-state index contributed by atoms with van der Waals surface area (Å²) in [7, 11) is 0. The first-order valence-electron chi connectivity index (χ1n) is 9.31. The van der Waals surface area contributed by atoms with Crippen LogP contribution in [0.25, 0.3) is 0 Å². The van der Waals surface area contributed by atoms with Crippen molar-refractivity contribution in [2.45, 2.75) is 32.9 Å².